The SMILES string of the molecule is O=C(CN1C(=O)CCc2ccccc21)NCC(C(=O)O)c1ccc(F)cc1. The smallest absolute Gasteiger partial charge is 0.312 e. The molecule has 140 valence electrons. The van der Waals surface area contributed by atoms with Gasteiger partial charge in [0.15, 0.2) is 0 Å². The van der Waals surface area contributed by atoms with Gasteiger partial charge in [-0.15, -0.1) is 0 Å². The first-order valence-corrected chi connectivity index (χ1v) is 8.59. The number of halogens is 1. The summed E-state index contributed by atoms with van der Waals surface area (Å²) in [6.07, 6.45) is 0.969. The second-order valence-electron chi connectivity index (χ2n) is 6.36. The van der Waals surface area contributed by atoms with Gasteiger partial charge in [0.25, 0.3) is 0 Å². The first-order valence-electron chi connectivity index (χ1n) is 8.59. The molecule has 0 radical (unpaired) electrons. The highest BCUT2D eigenvalue weighted by Gasteiger charge is 2.26. The van der Waals surface area contributed by atoms with Crippen LogP contribution in [0.15, 0.2) is 48.5 Å². The Bertz CT molecular complexity index is 867. The van der Waals surface area contributed by atoms with Crippen molar-refractivity contribution < 1.29 is 23.9 Å². The lowest BCUT2D eigenvalue weighted by atomic mass is 9.99. The Morgan fingerprint density at radius 3 is 2.52 bits per heavy atom. The first-order chi connectivity index (χ1) is 13.0. The van der Waals surface area contributed by atoms with Crippen LogP contribution in [0.25, 0.3) is 0 Å². The fraction of sp³-hybridized carbons (Fsp3) is 0.250. The highest BCUT2D eigenvalue weighted by Crippen LogP contribution is 2.27. The Labute approximate surface area is 155 Å². The average Bonchev–Trinajstić information content (AvgIpc) is 2.65. The number of para-hydroxylation sites is 1. The molecule has 0 fully saturated rings. The van der Waals surface area contributed by atoms with Gasteiger partial charge >= 0.3 is 5.97 Å². The predicted molar refractivity (Wildman–Crippen MR) is 96.9 cm³/mol. The van der Waals surface area contributed by atoms with E-state index in [0.29, 0.717) is 24.1 Å². The summed E-state index contributed by atoms with van der Waals surface area (Å²) >= 11 is 0. The lowest BCUT2D eigenvalue weighted by molar-refractivity contribution is -0.138. The van der Waals surface area contributed by atoms with Gasteiger partial charge in [-0.2, -0.15) is 0 Å². The largest absolute Gasteiger partial charge is 0.481 e. The van der Waals surface area contributed by atoms with Crippen molar-refractivity contribution >= 4 is 23.5 Å². The molecule has 0 aliphatic carbocycles. The number of hydrogen-bond acceptors (Lipinski definition) is 3. The zero-order valence-corrected chi connectivity index (χ0v) is 14.5. The van der Waals surface area contributed by atoms with Crippen molar-refractivity contribution in [1.82, 2.24) is 5.32 Å². The molecule has 6 nitrogen and oxygen atoms in total. The first kappa shape index (κ1) is 18.6. The molecule has 0 saturated heterocycles. The molecule has 7 heteroatoms. The molecular formula is C20H19FN2O4. The molecule has 0 saturated carbocycles. The molecule has 27 heavy (non-hydrogen) atoms. The maximum absolute atomic E-state index is 13.0. The van der Waals surface area contributed by atoms with E-state index in [-0.39, 0.29) is 19.0 Å². The molecule has 1 unspecified atom stereocenters. The third-order valence-electron chi connectivity index (χ3n) is 4.57. The number of carbonyl (C=O) groups is 3. The van der Waals surface area contributed by atoms with Gasteiger partial charge in [0.05, 0.1) is 5.92 Å². The van der Waals surface area contributed by atoms with E-state index in [1.165, 1.54) is 29.2 Å². The van der Waals surface area contributed by atoms with E-state index in [4.69, 9.17) is 0 Å². The molecule has 1 aliphatic heterocycles. The number of carboxylic acids is 1. The van der Waals surface area contributed by atoms with Crippen LogP contribution in [0, 0.1) is 5.82 Å². The summed E-state index contributed by atoms with van der Waals surface area (Å²) < 4.78 is 13.0. The molecular weight excluding hydrogens is 351 g/mol. The highest BCUT2D eigenvalue weighted by molar-refractivity contribution is 6.01. The van der Waals surface area contributed by atoms with E-state index in [2.05, 4.69) is 5.32 Å². The van der Waals surface area contributed by atoms with Gasteiger partial charge in [-0.3, -0.25) is 14.4 Å². The van der Waals surface area contributed by atoms with Crippen molar-refractivity contribution in [3.8, 4) is 0 Å². The van der Waals surface area contributed by atoms with Crippen molar-refractivity contribution in [2.75, 3.05) is 18.0 Å². The summed E-state index contributed by atoms with van der Waals surface area (Å²) in [4.78, 5) is 37.4. The van der Waals surface area contributed by atoms with Crippen LogP contribution < -0.4 is 10.2 Å². The van der Waals surface area contributed by atoms with Crippen molar-refractivity contribution in [3.05, 3.63) is 65.5 Å². The molecule has 1 atom stereocenters. The Hall–Kier alpha value is -3.22. The van der Waals surface area contributed by atoms with Gasteiger partial charge in [0.2, 0.25) is 11.8 Å². The molecule has 2 N–H and O–H groups in total. The third kappa shape index (κ3) is 4.31. The van der Waals surface area contributed by atoms with Crippen LogP contribution in [-0.4, -0.2) is 36.0 Å². The molecule has 2 aromatic rings. The average molecular weight is 370 g/mol. The van der Waals surface area contributed by atoms with Crippen molar-refractivity contribution in [3.63, 3.8) is 0 Å². The van der Waals surface area contributed by atoms with Gasteiger partial charge in [-0.25, -0.2) is 4.39 Å². The van der Waals surface area contributed by atoms with Crippen molar-refractivity contribution in [1.29, 1.82) is 0 Å². The van der Waals surface area contributed by atoms with E-state index in [1.807, 2.05) is 12.1 Å². The third-order valence-corrected chi connectivity index (χ3v) is 4.57. The van der Waals surface area contributed by atoms with Crippen molar-refractivity contribution in [2.24, 2.45) is 0 Å². The van der Waals surface area contributed by atoms with Gasteiger partial charge in [0, 0.05) is 18.7 Å². The Kier molecular flexibility index (Phi) is 5.49. The summed E-state index contributed by atoms with van der Waals surface area (Å²) in [6, 6.07) is 12.5. The normalized spacial score (nSPS) is 14.4. The van der Waals surface area contributed by atoms with E-state index in [9.17, 15) is 23.9 Å². The van der Waals surface area contributed by atoms with Gasteiger partial charge < -0.3 is 15.3 Å². The maximum Gasteiger partial charge on any atom is 0.312 e. The molecule has 1 heterocycles. The number of amides is 2. The summed E-state index contributed by atoms with van der Waals surface area (Å²) in [7, 11) is 0. The topological polar surface area (TPSA) is 86.7 Å². The second kappa shape index (κ2) is 7.99. The molecule has 0 spiro atoms. The van der Waals surface area contributed by atoms with Crippen LogP contribution in [-0.2, 0) is 20.8 Å². The van der Waals surface area contributed by atoms with E-state index >= 15 is 0 Å². The van der Waals surface area contributed by atoms with E-state index in [1.54, 1.807) is 12.1 Å². The van der Waals surface area contributed by atoms with Crippen LogP contribution in [0.2, 0.25) is 0 Å². The van der Waals surface area contributed by atoms with Gasteiger partial charge in [0.1, 0.15) is 12.4 Å². The van der Waals surface area contributed by atoms with Gasteiger partial charge in [-0.1, -0.05) is 30.3 Å². The number of carboxylic acid groups (broad SMARTS) is 1. The standard InChI is InChI=1S/C20H19FN2O4/c21-15-8-5-13(6-9-15)16(20(26)27)11-22-18(24)12-23-17-4-2-1-3-14(17)7-10-19(23)25/h1-6,8-9,16H,7,10-12H2,(H,22,24)(H,26,27). The van der Waals surface area contributed by atoms with Gasteiger partial charge in [-0.05, 0) is 35.7 Å². The molecule has 3 rings (SSSR count). The zero-order chi connectivity index (χ0) is 19.4. The van der Waals surface area contributed by atoms with Crippen LogP contribution in [0.5, 0.6) is 0 Å². The van der Waals surface area contributed by atoms with E-state index < -0.39 is 23.6 Å². The molecule has 1 aliphatic rings. The lowest BCUT2D eigenvalue weighted by Gasteiger charge is -2.29. The lowest BCUT2D eigenvalue weighted by Crippen LogP contribution is -2.44. The number of benzene rings is 2. The summed E-state index contributed by atoms with van der Waals surface area (Å²) in [5.41, 5.74) is 2.10. The second-order valence-corrected chi connectivity index (χ2v) is 6.36. The summed E-state index contributed by atoms with van der Waals surface area (Å²) in [6.45, 7) is -0.324. The number of nitrogens with zero attached hydrogens (tertiary/aromatic N) is 1. The van der Waals surface area contributed by atoms with Crippen LogP contribution in [0.3, 0.4) is 0 Å². The molecule has 2 amide bonds. The number of fused-ring (bicyclic) bond motifs is 1. The minimum Gasteiger partial charge on any atom is -0.481 e. The van der Waals surface area contributed by atoms with E-state index in [0.717, 1.165) is 5.56 Å². The fourth-order valence-electron chi connectivity index (χ4n) is 3.13. The van der Waals surface area contributed by atoms with Crippen LogP contribution in [0.1, 0.15) is 23.5 Å². The van der Waals surface area contributed by atoms with Crippen LogP contribution in [0.4, 0.5) is 10.1 Å². The van der Waals surface area contributed by atoms with Crippen molar-refractivity contribution in [2.45, 2.75) is 18.8 Å². The number of carbonyl (C=O) groups excluding carboxylic acids is 2. The monoisotopic (exact) mass is 370 g/mol. The Morgan fingerprint density at radius 2 is 1.81 bits per heavy atom. The molecule has 0 bridgehead atoms. The fourth-order valence-corrected chi connectivity index (χ4v) is 3.13. The summed E-state index contributed by atoms with van der Waals surface area (Å²) in [5.74, 6) is -3.18. The highest BCUT2D eigenvalue weighted by atomic mass is 19.1. The minimum absolute atomic E-state index is 0.142. The number of hydrogen-bond donors (Lipinski definition) is 2. The minimum atomic E-state index is -1.12. The predicted octanol–water partition coefficient (Wildman–Crippen LogP) is 2.09. The molecule has 0 aromatic heterocycles. The number of aryl methyl sites for hydroxylation is 1. The number of aliphatic carboxylic acids is 1. The Morgan fingerprint density at radius 1 is 1.11 bits per heavy atom. The zero-order valence-electron chi connectivity index (χ0n) is 14.5. The molecule has 2 aromatic carbocycles. The number of rotatable bonds is 6. The Balaban J connectivity index is 1.66. The quantitative estimate of drug-likeness (QED) is 0.815. The maximum atomic E-state index is 13.0. The number of nitrogens with one attached hydrogen (secondary N) is 1. The summed E-state index contributed by atoms with van der Waals surface area (Å²) in [5, 5.41) is 12.0. The number of anilines is 1. The van der Waals surface area contributed by atoms with Crippen LogP contribution >= 0.6 is 0 Å².